The Hall–Kier alpha value is -2.84. The third-order valence-corrected chi connectivity index (χ3v) is 3.08. The van der Waals surface area contributed by atoms with E-state index in [1.165, 1.54) is 12.1 Å². The second kappa shape index (κ2) is 6.11. The van der Waals surface area contributed by atoms with Gasteiger partial charge in [-0.25, -0.2) is 0 Å². The van der Waals surface area contributed by atoms with Crippen LogP contribution in [-0.2, 0) is 6.18 Å². The van der Waals surface area contributed by atoms with Crippen molar-refractivity contribution in [3.8, 4) is 0 Å². The van der Waals surface area contributed by atoms with Crippen LogP contribution in [0, 0.1) is 10.1 Å². The molecule has 0 saturated heterocycles. The van der Waals surface area contributed by atoms with E-state index in [1.54, 1.807) is 6.92 Å². The Morgan fingerprint density at radius 1 is 1.22 bits per heavy atom. The van der Waals surface area contributed by atoms with Crippen molar-refractivity contribution in [1.29, 1.82) is 0 Å². The van der Waals surface area contributed by atoms with Crippen LogP contribution in [0.2, 0.25) is 0 Å². The lowest BCUT2D eigenvalue weighted by molar-refractivity contribution is -0.402. The van der Waals surface area contributed by atoms with Crippen LogP contribution in [0.15, 0.2) is 40.8 Å². The fraction of sp³-hybridized carbons (Fsp3) is 0.214. The van der Waals surface area contributed by atoms with Crippen molar-refractivity contribution < 1.29 is 27.3 Å². The maximum Gasteiger partial charge on any atom is 0.433 e. The van der Waals surface area contributed by atoms with Gasteiger partial charge in [-0.2, -0.15) is 13.2 Å². The topological polar surface area (TPSA) is 85.4 Å². The number of carbonyl (C=O) groups is 1. The molecule has 0 spiro atoms. The predicted molar refractivity (Wildman–Crippen MR) is 72.7 cm³/mol. The molecule has 0 fully saturated rings. The normalized spacial score (nSPS) is 12.7. The molecule has 2 aromatic rings. The van der Waals surface area contributed by atoms with E-state index in [0.717, 1.165) is 24.3 Å². The van der Waals surface area contributed by atoms with Gasteiger partial charge in [0.05, 0.1) is 17.7 Å². The number of alkyl halides is 3. The molecule has 6 nitrogen and oxygen atoms in total. The molecule has 23 heavy (non-hydrogen) atoms. The zero-order chi connectivity index (χ0) is 17.2. The molecule has 0 aliphatic carbocycles. The Labute approximate surface area is 128 Å². The minimum Gasteiger partial charge on any atom is -0.395 e. The van der Waals surface area contributed by atoms with Crippen LogP contribution in [-0.4, -0.2) is 10.8 Å². The minimum absolute atomic E-state index is 0.254. The highest BCUT2D eigenvalue weighted by atomic mass is 19.4. The molecule has 2 rings (SSSR count). The average molecular weight is 328 g/mol. The van der Waals surface area contributed by atoms with Crippen molar-refractivity contribution >= 4 is 11.8 Å². The van der Waals surface area contributed by atoms with Gasteiger partial charge in [0, 0.05) is 0 Å². The van der Waals surface area contributed by atoms with Gasteiger partial charge in [-0.15, -0.1) is 0 Å². The van der Waals surface area contributed by atoms with Gasteiger partial charge in [0.15, 0.2) is 5.76 Å². The summed E-state index contributed by atoms with van der Waals surface area (Å²) in [6.07, 6.45) is -4.43. The van der Waals surface area contributed by atoms with Gasteiger partial charge in [-0.05, 0) is 30.7 Å². The monoisotopic (exact) mass is 328 g/mol. The van der Waals surface area contributed by atoms with E-state index >= 15 is 0 Å². The number of rotatable bonds is 4. The molecule has 1 heterocycles. The van der Waals surface area contributed by atoms with E-state index in [2.05, 4.69) is 5.32 Å². The lowest BCUT2D eigenvalue weighted by Crippen LogP contribution is -2.26. The van der Waals surface area contributed by atoms with E-state index in [9.17, 15) is 28.1 Å². The Bertz CT molecular complexity index is 722. The quantitative estimate of drug-likeness (QED) is 0.685. The highest BCUT2D eigenvalue weighted by Gasteiger charge is 2.30. The highest BCUT2D eigenvalue weighted by Crippen LogP contribution is 2.30. The third-order valence-electron chi connectivity index (χ3n) is 3.08. The van der Waals surface area contributed by atoms with E-state index in [4.69, 9.17) is 4.42 Å². The number of hydrogen-bond donors (Lipinski definition) is 1. The average Bonchev–Trinajstić information content (AvgIpc) is 2.96. The molecule has 0 radical (unpaired) electrons. The van der Waals surface area contributed by atoms with Gasteiger partial charge in [-0.3, -0.25) is 14.9 Å². The second-order valence-corrected chi connectivity index (χ2v) is 4.71. The number of nitrogens with zero attached hydrogens (tertiary/aromatic N) is 1. The summed E-state index contributed by atoms with van der Waals surface area (Å²) in [6, 6.07) is 5.90. The van der Waals surface area contributed by atoms with Crippen molar-refractivity contribution in [2.45, 2.75) is 19.1 Å². The Morgan fingerprint density at radius 3 is 2.30 bits per heavy atom. The fourth-order valence-electron chi connectivity index (χ4n) is 1.86. The first-order valence-corrected chi connectivity index (χ1v) is 6.40. The zero-order valence-corrected chi connectivity index (χ0v) is 11.8. The standard InChI is InChI=1S/C14H11F3N2O4/c1-8(9-2-4-10(5-3-9)14(15,16)17)18-13(20)11-6-7-12(23-11)19(21)22/h2-8H,1H3,(H,18,20). The molecule has 0 saturated carbocycles. The maximum absolute atomic E-state index is 12.5. The van der Waals surface area contributed by atoms with Crippen LogP contribution in [0.25, 0.3) is 0 Å². The third kappa shape index (κ3) is 3.87. The van der Waals surface area contributed by atoms with Crippen molar-refractivity contribution in [2.24, 2.45) is 0 Å². The van der Waals surface area contributed by atoms with E-state index < -0.39 is 34.5 Å². The summed E-state index contributed by atoms with van der Waals surface area (Å²) in [5, 5.41) is 13.0. The van der Waals surface area contributed by atoms with Gasteiger partial charge in [0.2, 0.25) is 0 Å². The van der Waals surface area contributed by atoms with E-state index in [1.807, 2.05) is 0 Å². The Kier molecular flexibility index (Phi) is 4.39. The Balaban J connectivity index is 2.07. The van der Waals surface area contributed by atoms with Crippen molar-refractivity contribution in [2.75, 3.05) is 0 Å². The number of benzene rings is 1. The van der Waals surface area contributed by atoms with Crippen molar-refractivity contribution in [3.63, 3.8) is 0 Å². The first kappa shape index (κ1) is 16.5. The SMILES string of the molecule is CC(NC(=O)c1ccc([N+](=O)[O-])o1)c1ccc(C(F)(F)F)cc1. The minimum atomic E-state index is -4.43. The number of nitro groups is 1. The van der Waals surface area contributed by atoms with Crippen molar-refractivity contribution in [3.05, 3.63) is 63.4 Å². The summed E-state index contributed by atoms with van der Waals surface area (Å²) in [6.45, 7) is 1.57. The number of amides is 1. The van der Waals surface area contributed by atoms with E-state index in [0.29, 0.717) is 5.56 Å². The number of nitrogens with one attached hydrogen (secondary N) is 1. The molecule has 1 aromatic heterocycles. The lowest BCUT2D eigenvalue weighted by Gasteiger charge is -2.14. The van der Waals surface area contributed by atoms with Crippen LogP contribution < -0.4 is 5.32 Å². The second-order valence-electron chi connectivity index (χ2n) is 4.71. The number of hydrogen-bond acceptors (Lipinski definition) is 4. The van der Waals surface area contributed by atoms with Crippen LogP contribution in [0.5, 0.6) is 0 Å². The summed E-state index contributed by atoms with van der Waals surface area (Å²) < 4.78 is 42.2. The highest BCUT2D eigenvalue weighted by molar-refractivity contribution is 5.91. The zero-order valence-electron chi connectivity index (χ0n) is 11.8. The molecule has 0 aliphatic rings. The van der Waals surface area contributed by atoms with Crippen LogP contribution >= 0.6 is 0 Å². The first-order chi connectivity index (χ1) is 10.7. The van der Waals surface area contributed by atoms with Crippen LogP contribution in [0.4, 0.5) is 19.1 Å². The van der Waals surface area contributed by atoms with Gasteiger partial charge >= 0.3 is 12.1 Å². The fourth-order valence-corrected chi connectivity index (χ4v) is 1.86. The van der Waals surface area contributed by atoms with Crippen LogP contribution in [0.3, 0.4) is 0 Å². The van der Waals surface area contributed by atoms with Gasteiger partial charge in [0.25, 0.3) is 5.91 Å². The van der Waals surface area contributed by atoms with E-state index in [-0.39, 0.29) is 5.76 Å². The lowest BCUT2D eigenvalue weighted by atomic mass is 10.1. The predicted octanol–water partition coefficient (Wildman–Crippen LogP) is 3.70. The molecule has 1 aromatic carbocycles. The summed E-state index contributed by atoms with van der Waals surface area (Å²) in [4.78, 5) is 21.6. The molecule has 1 atom stereocenters. The largest absolute Gasteiger partial charge is 0.433 e. The summed E-state index contributed by atoms with van der Waals surface area (Å²) in [5.41, 5.74) is -0.339. The molecule has 1 unspecified atom stereocenters. The Morgan fingerprint density at radius 2 is 1.83 bits per heavy atom. The smallest absolute Gasteiger partial charge is 0.395 e. The molecule has 9 heteroatoms. The summed E-state index contributed by atoms with van der Waals surface area (Å²) >= 11 is 0. The number of carbonyl (C=O) groups excluding carboxylic acids is 1. The van der Waals surface area contributed by atoms with Crippen LogP contribution in [0.1, 0.15) is 34.6 Å². The number of halogens is 3. The molecule has 0 aliphatic heterocycles. The maximum atomic E-state index is 12.5. The number of furan rings is 1. The molecule has 0 bridgehead atoms. The van der Waals surface area contributed by atoms with Crippen molar-refractivity contribution in [1.82, 2.24) is 5.32 Å². The molecule has 122 valence electrons. The molecule has 1 N–H and O–H groups in total. The molecular weight excluding hydrogens is 317 g/mol. The molecular formula is C14H11F3N2O4. The first-order valence-electron chi connectivity index (χ1n) is 6.40. The molecule has 1 amide bonds. The van der Waals surface area contributed by atoms with Gasteiger partial charge in [-0.1, -0.05) is 12.1 Å². The van der Waals surface area contributed by atoms with Gasteiger partial charge < -0.3 is 9.73 Å². The summed E-state index contributed by atoms with van der Waals surface area (Å²) in [7, 11) is 0. The van der Waals surface area contributed by atoms with Gasteiger partial charge in [0.1, 0.15) is 4.92 Å². The summed E-state index contributed by atoms with van der Waals surface area (Å²) in [5.74, 6) is -1.53.